The summed E-state index contributed by atoms with van der Waals surface area (Å²) < 4.78 is 28.7. The van der Waals surface area contributed by atoms with Gasteiger partial charge in [-0.3, -0.25) is 14.6 Å². The largest absolute Gasteiger partial charge is 0.354 e. The number of fused-ring (bicyclic) bond motifs is 1. The molecule has 3 aromatic rings. The van der Waals surface area contributed by atoms with Crippen LogP contribution in [0, 0.1) is 6.92 Å². The van der Waals surface area contributed by atoms with Crippen LogP contribution in [0.15, 0.2) is 46.3 Å². The van der Waals surface area contributed by atoms with Crippen LogP contribution in [0.25, 0.3) is 10.8 Å². The maximum atomic E-state index is 13.0. The SMILES string of the molecule is CNC(=O)c1sc(=NC2CCN(C(=O)CCS(=O)(=O)c3ccc4cc(CI)ccc4c3)CC2)n(C)c1C. The Morgan fingerprint density at radius 2 is 1.81 bits per heavy atom. The minimum absolute atomic E-state index is 0.0372. The van der Waals surface area contributed by atoms with E-state index in [1.807, 2.05) is 36.7 Å². The molecule has 37 heavy (non-hydrogen) atoms. The van der Waals surface area contributed by atoms with E-state index < -0.39 is 9.84 Å². The average Bonchev–Trinajstić information content (AvgIpc) is 3.19. The fourth-order valence-electron chi connectivity index (χ4n) is 4.41. The second kappa shape index (κ2) is 11.6. The Hall–Kier alpha value is -2.25. The molecule has 1 aliphatic rings. The number of sulfone groups is 1. The number of aromatic nitrogens is 1. The van der Waals surface area contributed by atoms with Gasteiger partial charge in [-0.25, -0.2) is 8.42 Å². The van der Waals surface area contributed by atoms with E-state index in [1.165, 1.54) is 16.9 Å². The van der Waals surface area contributed by atoms with Crippen molar-refractivity contribution in [2.24, 2.45) is 12.0 Å². The van der Waals surface area contributed by atoms with Gasteiger partial charge in [-0.15, -0.1) is 0 Å². The molecular formula is C26H31IN4O4S2. The predicted octanol–water partition coefficient (Wildman–Crippen LogP) is 3.60. The molecule has 0 spiro atoms. The minimum Gasteiger partial charge on any atom is -0.354 e. The molecule has 0 atom stereocenters. The molecule has 4 rings (SSSR count). The predicted molar refractivity (Wildman–Crippen MR) is 155 cm³/mol. The zero-order chi connectivity index (χ0) is 26.7. The van der Waals surface area contributed by atoms with E-state index in [4.69, 9.17) is 4.99 Å². The molecule has 1 aromatic heterocycles. The second-order valence-corrected chi connectivity index (χ2v) is 13.1. The van der Waals surface area contributed by atoms with Crippen LogP contribution in [0.3, 0.4) is 0 Å². The van der Waals surface area contributed by atoms with Crippen LogP contribution in [0.4, 0.5) is 0 Å². The number of hydrogen-bond donors (Lipinski definition) is 1. The summed E-state index contributed by atoms with van der Waals surface area (Å²) in [5.74, 6) is -0.474. The fraction of sp³-hybridized carbons (Fsp3) is 0.423. The maximum absolute atomic E-state index is 13.0. The van der Waals surface area contributed by atoms with Crippen molar-refractivity contribution in [2.45, 2.75) is 41.6 Å². The number of piperidine rings is 1. The molecule has 1 aliphatic heterocycles. The highest BCUT2D eigenvalue weighted by Crippen LogP contribution is 2.23. The number of halogens is 1. The second-order valence-electron chi connectivity index (χ2n) is 9.22. The number of carbonyl (C=O) groups excluding carboxylic acids is 2. The van der Waals surface area contributed by atoms with Gasteiger partial charge in [0, 0.05) is 43.7 Å². The van der Waals surface area contributed by atoms with Crippen molar-refractivity contribution in [1.29, 1.82) is 0 Å². The van der Waals surface area contributed by atoms with Crippen molar-refractivity contribution < 1.29 is 18.0 Å². The Bertz CT molecular complexity index is 1500. The van der Waals surface area contributed by atoms with Crippen LogP contribution in [0.5, 0.6) is 0 Å². The smallest absolute Gasteiger partial charge is 0.263 e. The minimum atomic E-state index is -3.57. The summed E-state index contributed by atoms with van der Waals surface area (Å²) in [6, 6.07) is 11.2. The third-order valence-corrected chi connectivity index (χ3v) is 10.7. The molecule has 0 bridgehead atoms. The maximum Gasteiger partial charge on any atom is 0.263 e. The first kappa shape index (κ1) is 27.8. The number of carbonyl (C=O) groups is 2. The van der Waals surface area contributed by atoms with Gasteiger partial charge in [0.1, 0.15) is 4.88 Å². The summed E-state index contributed by atoms with van der Waals surface area (Å²) in [6.45, 7) is 2.98. The molecule has 2 heterocycles. The molecule has 1 fully saturated rings. The van der Waals surface area contributed by atoms with Crippen molar-refractivity contribution in [3.8, 4) is 0 Å². The molecule has 11 heteroatoms. The number of amides is 2. The number of thiazole rings is 1. The summed E-state index contributed by atoms with van der Waals surface area (Å²) in [5, 5.41) is 4.54. The number of hydrogen-bond acceptors (Lipinski definition) is 6. The molecule has 2 amide bonds. The Morgan fingerprint density at radius 3 is 2.49 bits per heavy atom. The summed E-state index contributed by atoms with van der Waals surface area (Å²) >= 11 is 3.67. The summed E-state index contributed by atoms with van der Waals surface area (Å²) in [6.07, 6.45) is 1.37. The van der Waals surface area contributed by atoms with E-state index in [2.05, 4.69) is 34.0 Å². The standard InChI is InChI=1S/C26H31IN4O4S2/c1-17-24(25(33)28-2)36-26(30(17)3)29-21-8-11-31(12-9-21)23(32)10-13-37(34,35)22-7-6-19-14-18(16-27)4-5-20(19)15-22/h4-7,14-15,21H,8-13,16H2,1-3H3,(H,28,33). The zero-order valence-electron chi connectivity index (χ0n) is 21.2. The number of rotatable bonds is 7. The van der Waals surface area contributed by atoms with Gasteiger partial charge in [0.25, 0.3) is 5.91 Å². The summed E-state index contributed by atoms with van der Waals surface area (Å²) in [4.78, 5) is 33.2. The van der Waals surface area contributed by atoms with Crippen molar-refractivity contribution in [3.05, 3.63) is 57.3 Å². The van der Waals surface area contributed by atoms with Gasteiger partial charge in [0.15, 0.2) is 14.6 Å². The van der Waals surface area contributed by atoms with Crippen LogP contribution in [-0.4, -0.2) is 61.6 Å². The van der Waals surface area contributed by atoms with Crippen LogP contribution in [0.2, 0.25) is 0 Å². The highest BCUT2D eigenvalue weighted by atomic mass is 127. The Labute approximate surface area is 234 Å². The van der Waals surface area contributed by atoms with Crippen LogP contribution in [0.1, 0.15) is 40.2 Å². The van der Waals surface area contributed by atoms with Gasteiger partial charge in [-0.2, -0.15) is 0 Å². The summed E-state index contributed by atoms with van der Waals surface area (Å²) in [7, 11) is -0.0625. The third-order valence-electron chi connectivity index (χ3n) is 6.83. The monoisotopic (exact) mass is 654 g/mol. The van der Waals surface area contributed by atoms with Crippen LogP contribution < -0.4 is 10.1 Å². The lowest BCUT2D eigenvalue weighted by Gasteiger charge is -2.30. The van der Waals surface area contributed by atoms with Gasteiger partial charge in [0.2, 0.25) is 5.91 Å². The van der Waals surface area contributed by atoms with Crippen molar-refractivity contribution >= 4 is 66.4 Å². The molecule has 0 aliphatic carbocycles. The molecule has 1 saturated heterocycles. The van der Waals surface area contributed by atoms with Crippen molar-refractivity contribution in [1.82, 2.24) is 14.8 Å². The normalized spacial score (nSPS) is 15.4. The fourth-order valence-corrected chi connectivity index (χ4v) is 7.29. The zero-order valence-corrected chi connectivity index (χ0v) is 25.0. The van der Waals surface area contributed by atoms with Gasteiger partial charge in [-0.1, -0.05) is 58.2 Å². The van der Waals surface area contributed by atoms with Gasteiger partial charge in [0.05, 0.1) is 16.7 Å². The van der Waals surface area contributed by atoms with Crippen LogP contribution >= 0.6 is 33.9 Å². The van der Waals surface area contributed by atoms with Gasteiger partial charge >= 0.3 is 0 Å². The molecule has 0 unspecified atom stereocenters. The number of benzene rings is 2. The van der Waals surface area contributed by atoms with E-state index in [0.29, 0.717) is 30.8 Å². The van der Waals surface area contributed by atoms with E-state index in [0.717, 1.165) is 25.7 Å². The molecule has 0 saturated carbocycles. The molecular weight excluding hydrogens is 623 g/mol. The number of alkyl halides is 1. The Morgan fingerprint density at radius 1 is 1.14 bits per heavy atom. The van der Waals surface area contributed by atoms with E-state index in [1.54, 1.807) is 24.1 Å². The molecule has 1 N–H and O–H groups in total. The average molecular weight is 655 g/mol. The quantitative estimate of drug-likeness (QED) is 0.311. The number of nitrogens with one attached hydrogen (secondary N) is 1. The molecule has 0 radical (unpaired) electrons. The molecule has 198 valence electrons. The number of nitrogens with zero attached hydrogens (tertiary/aromatic N) is 3. The van der Waals surface area contributed by atoms with E-state index in [-0.39, 0.29) is 34.9 Å². The van der Waals surface area contributed by atoms with Crippen molar-refractivity contribution in [2.75, 3.05) is 25.9 Å². The third kappa shape index (κ3) is 6.26. The Kier molecular flexibility index (Phi) is 8.74. The topological polar surface area (TPSA) is 101 Å². The molecule has 8 nitrogen and oxygen atoms in total. The first-order chi connectivity index (χ1) is 17.6. The lowest BCUT2D eigenvalue weighted by Crippen LogP contribution is -2.40. The highest BCUT2D eigenvalue weighted by molar-refractivity contribution is 14.1. The lowest BCUT2D eigenvalue weighted by atomic mass is 10.1. The molecule has 2 aromatic carbocycles. The van der Waals surface area contributed by atoms with Gasteiger partial charge < -0.3 is 14.8 Å². The first-order valence-corrected chi connectivity index (χ1v) is 16.1. The van der Waals surface area contributed by atoms with E-state index >= 15 is 0 Å². The lowest BCUT2D eigenvalue weighted by molar-refractivity contribution is -0.131. The van der Waals surface area contributed by atoms with E-state index in [9.17, 15) is 18.0 Å². The van der Waals surface area contributed by atoms with Crippen LogP contribution in [-0.2, 0) is 26.1 Å². The van der Waals surface area contributed by atoms with Crippen molar-refractivity contribution in [3.63, 3.8) is 0 Å². The highest BCUT2D eigenvalue weighted by Gasteiger charge is 2.25. The Balaban J connectivity index is 1.35. The van der Waals surface area contributed by atoms with Gasteiger partial charge in [-0.05, 0) is 48.2 Å². The number of likely N-dealkylation sites (tertiary alicyclic amines) is 1. The first-order valence-electron chi connectivity index (χ1n) is 12.1. The summed E-state index contributed by atoms with van der Waals surface area (Å²) in [5.41, 5.74) is 2.06.